The molecule has 0 N–H and O–H groups in total. The average molecular weight is 444 g/mol. The lowest BCUT2D eigenvalue weighted by Gasteiger charge is -2.18. The average Bonchev–Trinajstić information content (AvgIpc) is 3.08. The van der Waals surface area contributed by atoms with Crippen molar-refractivity contribution in [2.75, 3.05) is 0 Å². The molecule has 1 aromatic heterocycles. The molecule has 0 radical (unpaired) electrons. The molecule has 4 aromatic rings. The van der Waals surface area contributed by atoms with Gasteiger partial charge in [0.15, 0.2) is 0 Å². The first-order chi connectivity index (χ1) is 15.5. The highest BCUT2D eigenvalue weighted by Gasteiger charge is 2.28. The predicted octanol–water partition coefficient (Wildman–Crippen LogP) is 6.68. The molecule has 4 heteroatoms. The van der Waals surface area contributed by atoms with Crippen LogP contribution in [-0.2, 0) is 22.7 Å². The Morgan fingerprint density at radius 2 is 1.47 bits per heavy atom. The van der Waals surface area contributed by atoms with Crippen LogP contribution in [0, 0.1) is 13.8 Å². The zero-order valence-electron chi connectivity index (χ0n) is 18.3. The standard InChI is InChI=1S/C28H26ClNO2/c1-20-17-26(21(2)30(20)18-22-9-5-3-6-10-22)27(24-13-15-25(29)16-14-24)28(31)32-19-23-11-7-4-8-12-23/h3-17,27H,18-19H2,1-2H3/t27-/m1/s1. The Kier molecular flexibility index (Phi) is 6.77. The first kappa shape index (κ1) is 21.9. The van der Waals surface area contributed by atoms with Crippen LogP contribution in [0.25, 0.3) is 0 Å². The van der Waals surface area contributed by atoms with Gasteiger partial charge in [-0.05, 0) is 54.3 Å². The van der Waals surface area contributed by atoms with Gasteiger partial charge in [-0.3, -0.25) is 4.79 Å². The number of nitrogens with zero attached hydrogens (tertiary/aromatic N) is 1. The second-order valence-corrected chi connectivity index (χ2v) is 8.41. The van der Waals surface area contributed by atoms with Crippen molar-refractivity contribution in [3.63, 3.8) is 0 Å². The van der Waals surface area contributed by atoms with Crippen molar-refractivity contribution in [2.45, 2.75) is 32.9 Å². The fraction of sp³-hybridized carbons (Fsp3) is 0.179. The van der Waals surface area contributed by atoms with E-state index in [-0.39, 0.29) is 12.6 Å². The summed E-state index contributed by atoms with van der Waals surface area (Å²) in [5.74, 6) is -0.789. The molecule has 4 rings (SSSR count). The number of rotatable bonds is 7. The quantitative estimate of drug-likeness (QED) is 0.298. The Balaban J connectivity index is 1.67. The number of benzene rings is 3. The van der Waals surface area contributed by atoms with E-state index in [9.17, 15) is 4.79 Å². The number of aromatic nitrogens is 1. The van der Waals surface area contributed by atoms with Gasteiger partial charge < -0.3 is 9.30 Å². The van der Waals surface area contributed by atoms with Gasteiger partial charge in [0, 0.05) is 23.0 Å². The van der Waals surface area contributed by atoms with Crippen LogP contribution in [0.1, 0.15) is 39.6 Å². The molecule has 1 atom stereocenters. The van der Waals surface area contributed by atoms with Gasteiger partial charge in [0.05, 0.1) is 0 Å². The van der Waals surface area contributed by atoms with Crippen LogP contribution in [-0.4, -0.2) is 10.5 Å². The Labute approximate surface area is 194 Å². The minimum Gasteiger partial charge on any atom is -0.460 e. The van der Waals surface area contributed by atoms with Crippen LogP contribution in [0.5, 0.6) is 0 Å². The smallest absolute Gasteiger partial charge is 0.318 e. The summed E-state index contributed by atoms with van der Waals surface area (Å²) in [5, 5.41) is 0.639. The third-order valence-corrected chi connectivity index (χ3v) is 6.02. The fourth-order valence-electron chi connectivity index (χ4n) is 4.04. The van der Waals surface area contributed by atoms with E-state index in [0.29, 0.717) is 5.02 Å². The molecule has 162 valence electrons. The van der Waals surface area contributed by atoms with Crippen molar-refractivity contribution in [3.05, 3.63) is 130 Å². The summed E-state index contributed by atoms with van der Waals surface area (Å²) in [6.07, 6.45) is 0. The molecule has 0 saturated carbocycles. The van der Waals surface area contributed by atoms with E-state index in [0.717, 1.165) is 34.6 Å². The number of aryl methyl sites for hydroxylation is 1. The van der Waals surface area contributed by atoms with Crippen LogP contribution in [0.2, 0.25) is 5.02 Å². The number of ether oxygens (including phenoxy) is 1. The lowest BCUT2D eigenvalue weighted by Crippen LogP contribution is -2.18. The van der Waals surface area contributed by atoms with Crippen molar-refractivity contribution >= 4 is 17.6 Å². The van der Waals surface area contributed by atoms with Gasteiger partial charge in [0.1, 0.15) is 12.5 Å². The van der Waals surface area contributed by atoms with Crippen molar-refractivity contribution in [3.8, 4) is 0 Å². The zero-order valence-corrected chi connectivity index (χ0v) is 19.0. The molecule has 0 aliphatic rings. The highest BCUT2D eigenvalue weighted by atomic mass is 35.5. The maximum atomic E-state index is 13.4. The van der Waals surface area contributed by atoms with E-state index in [1.807, 2.05) is 72.8 Å². The zero-order chi connectivity index (χ0) is 22.5. The Morgan fingerprint density at radius 1 is 0.875 bits per heavy atom. The molecule has 3 nitrogen and oxygen atoms in total. The molecule has 0 aliphatic heterocycles. The van der Waals surface area contributed by atoms with Crippen LogP contribution < -0.4 is 0 Å². The summed E-state index contributed by atoms with van der Waals surface area (Å²) in [7, 11) is 0. The van der Waals surface area contributed by atoms with Gasteiger partial charge in [0.2, 0.25) is 0 Å². The molecule has 0 bridgehead atoms. The highest BCUT2D eigenvalue weighted by Crippen LogP contribution is 2.32. The number of hydrogen-bond donors (Lipinski definition) is 0. The van der Waals surface area contributed by atoms with Crippen molar-refractivity contribution in [1.29, 1.82) is 0 Å². The largest absolute Gasteiger partial charge is 0.460 e. The molecule has 32 heavy (non-hydrogen) atoms. The molecule has 0 spiro atoms. The third-order valence-electron chi connectivity index (χ3n) is 5.77. The summed E-state index contributed by atoms with van der Waals surface area (Å²) < 4.78 is 8.02. The van der Waals surface area contributed by atoms with Crippen LogP contribution in [0.15, 0.2) is 91.0 Å². The van der Waals surface area contributed by atoms with E-state index in [1.165, 1.54) is 5.56 Å². The van der Waals surface area contributed by atoms with Crippen molar-refractivity contribution in [2.24, 2.45) is 0 Å². The van der Waals surface area contributed by atoms with E-state index >= 15 is 0 Å². The number of halogens is 1. The first-order valence-corrected chi connectivity index (χ1v) is 11.1. The van der Waals surface area contributed by atoms with Crippen molar-refractivity contribution in [1.82, 2.24) is 4.57 Å². The molecular weight excluding hydrogens is 418 g/mol. The molecule has 0 saturated heterocycles. The number of carbonyl (C=O) groups is 1. The molecular formula is C28H26ClNO2. The van der Waals surface area contributed by atoms with Gasteiger partial charge in [-0.15, -0.1) is 0 Å². The minimum atomic E-state index is -0.522. The topological polar surface area (TPSA) is 31.2 Å². The molecule has 0 aliphatic carbocycles. The van der Waals surface area contributed by atoms with Crippen LogP contribution in [0.3, 0.4) is 0 Å². The van der Waals surface area contributed by atoms with E-state index < -0.39 is 5.92 Å². The third kappa shape index (κ3) is 4.95. The van der Waals surface area contributed by atoms with Gasteiger partial charge >= 0.3 is 5.97 Å². The van der Waals surface area contributed by atoms with Gasteiger partial charge in [-0.1, -0.05) is 84.4 Å². The summed E-state index contributed by atoms with van der Waals surface area (Å²) in [6.45, 7) is 5.14. The molecule has 0 amide bonds. The highest BCUT2D eigenvalue weighted by molar-refractivity contribution is 6.30. The van der Waals surface area contributed by atoms with Gasteiger partial charge in [-0.25, -0.2) is 0 Å². The van der Waals surface area contributed by atoms with E-state index in [1.54, 1.807) is 0 Å². The maximum absolute atomic E-state index is 13.4. The number of carbonyl (C=O) groups excluding carboxylic acids is 1. The summed E-state index contributed by atoms with van der Waals surface area (Å²) in [4.78, 5) is 13.4. The van der Waals surface area contributed by atoms with Crippen molar-refractivity contribution < 1.29 is 9.53 Å². The Bertz CT molecular complexity index is 1180. The first-order valence-electron chi connectivity index (χ1n) is 10.7. The minimum absolute atomic E-state index is 0.243. The monoisotopic (exact) mass is 443 g/mol. The Hall–Kier alpha value is -3.30. The summed E-state index contributed by atoms with van der Waals surface area (Å²) in [5.41, 5.74) is 6.17. The van der Waals surface area contributed by atoms with Gasteiger partial charge in [-0.2, -0.15) is 0 Å². The number of hydrogen-bond acceptors (Lipinski definition) is 2. The lowest BCUT2D eigenvalue weighted by atomic mass is 9.91. The summed E-state index contributed by atoms with van der Waals surface area (Å²) >= 11 is 6.11. The molecule has 0 unspecified atom stereocenters. The second-order valence-electron chi connectivity index (χ2n) is 7.98. The number of esters is 1. The second kappa shape index (κ2) is 9.88. The van der Waals surface area contributed by atoms with E-state index in [2.05, 4.69) is 36.6 Å². The summed E-state index contributed by atoms with van der Waals surface area (Å²) in [6, 6.07) is 29.6. The maximum Gasteiger partial charge on any atom is 0.318 e. The normalized spacial score (nSPS) is 11.8. The Morgan fingerprint density at radius 3 is 2.09 bits per heavy atom. The van der Waals surface area contributed by atoms with E-state index in [4.69, 9.17) is 16.3 Å². The lowest BCUT2D eigenvalue weighted by molar-refractivity contribution is -0.145. The predicted molar refractivity (Wildman–Crippen MR) is 129 cm³/mol. The SMILES string of the molecule is Cc1cc([C@H](C(=O)OCc2ccccc2)c2ccc(Cl)cc2)c(C)n1Cc1ccccc1. The van der Waals surface area contributed by atoms with Crippen LogP contribution >= 0.6 is 11.6 Å². The molecule has 3 aromatic carbocycles. The van der Waals surface area contributed by atoms with Gasteiger partial charge in [0.25, 0.3) is 0 Å². The van der Waals surface area contributed by atoms with Crippen LogP contribution in [0.4, 0.5) is 0 Å². The fourth-order valence-corrected chi connectivity index (χ4v) is 4.17. The molecule has 1 heterocycles. The molecule has 0 fully saturated rings.